The minimum Gasteiger partial charge on any atom is -0.396 e. The number of nitrogens with zero attached hydrogens (tertiary/aromatic N) is 2. The van der Waals surface area contributed by atoms with Crippen LogP contribution in [0.5, 0.6) is 0 Å². The summed E-state index contributed by atoms with van der Waals surface area (Å²) in [5.74, 6) is -0.339. The Morgan fingerprint density at radius 1 is 1.25 bits per heavy atom. The Morgan fingerprint density at radius 3 is 2.83 bits per heavy atom. The van der Waals surface area contributed by atoms with Gasteiger partial charge >= 0.3 is 0 Å². The molecule has 1 unspecified atom stereocenters. The number of aryl methyl sites for hydroxylation is 1. The molecule has 1 N–H and O–H groups in total. The summed E-state index contributed by atoms with van der Waals surface area (Å²) in [7, 11) is 0. The lowest BCUT2D eigenvalue weighted by Crippen LogP contribution is -2.29. The van der Waals surface area contributed by atoms with Gasteiger partial charge in [-0.1, -0.05) is 30.3 Å². The Balaban J connectivity index is 1.84. The van der Waals surface area contributed by atoms with Crippen molar-refractivity contribution in [2.75, 3.05) is 13.2 Å². The van der Waals surface area contributed by atoms with E-state index in [9.17, 15) is 9.50 Å². The molecule has 1 atom stereocenters. The number of rotatable bonds is 6. The van der Waals surface area contributed by atoms with Crippen LogP contribution in [0, 0.1) is 17.1 Å². The van der Waals surface area contributed by atoms with Crippen molar-refractivity contribution in [2.45, 2.75) is 31.8 Å². The third-order valence-electron chi connectivity index (χ3n) is 4.70. The highest BCUT2D eigenvalue weighted by Crippen LogP contribution is 2.36. The Kier molecular flexibility index (Phi) is 5.24. The van der Waals surface area contributed by atoms with Gasteiger partial charge in [-0.15, -0.1) is 0 Å². The fraction of sp³-hybridized carbons (Fsp3) is 0.350. The van der Waals surface area contributed by atoms with Gasteiger partial charge in [-0.25, -0.2) is 4.39 Å². The molecular formula is C20H21FN2O. The zero-order valence-electron chi connectivity index (χ0n) is 13.6. The van der Waals surface area contributed by atoms with Crippen LogP contribution in [-0.4, -0.2) is 23.2 Å². The lowest BCUT2D eigenvalue weighted by atomic mass is 10.0. The highest BCUT2D eigenvalue weighted by Gasteiger charge is 2.27. The maximum atomic E-state index is 14.3. The summed E-state index contributed by atoms with van der Waals surface area (Å²) in [6.07, 6.45) is 2.71. The molecule has 0 heterocycles. The van der Waals surface area contributed by atoms with Crippen molar-refractivity contribution >= 4 is 0 Å². The zero-order valence-corrected chi connectivity index (χ0v) is 13.6. The predicted octanol–water partition coefficient (Wildman–Crippen LogP) is 3.57. The van der Waals surface area contributed by atoms with Gasteiger partial charge in [-0.3, -0.25) is 4.90 Å². The van der Waals surface area contributed by atoms with Gasteiger partial charge in [-0.2, -0.15) is 5.26 Å². The molecule has 0 saturated heterocycles. The van der Waals surface area contributed by atoms with E-state index in [0.717, 1.165) is 19.4 Å². The fourth-order valence-corrected chi connectivity index (χ4v) is 3.50. The first-order valence-electron chi connectivity index (χ1n) is 8.34. The van der Waals surface area contributed by atoms with Crippen molar-refractivity contribution < 1.29 is 9.50 Å². The quantitative estimate of drug-likeness (QED) is 0.883. The Morgan fingerprint density at radius 2 is 2.08 bits per heavy atom. The predicted molar refractivity (Wildman–Crippen MR) is 90.7 cm³/mol. The normalized spacial score (nSPS) is 16.2. The van der Waals surface area contributed by atoms with Gasteiger partial charge in [-0.05, 0) is 42.5 Å². The number of hydrogen-bond donors (Lipinski definition) is 1. The standard InChI is InChI=1S/C20H21FN2O/c21-19-12-15(13-22)6-7-17(19)14-23(10-3-11-24)20-9-8-16-4-1-2-5-18(16)20/h1-2,4-7,12,20,24H,3,8-11,14H2. The number of halogens is 1. The number of aliphatic hydroxyl groups is 1. The molecular weight excluding hydrogens is 303 g/mol. The molecule has 0 spiro atoms. The van der Waals surface area contributed by atoms with E-state index in [1.807, 2.05) is 12.1 Å². The van der Waals surface area contributed by atoms with Crippen molar-refractivity contribution in [1.82, 2.24) is 4.90 Å². The van der Waals surface area contributed by atoms with Crippen molar-refractivity contribution in [3.8, 4) is 6.07 Å². The number of hydrogen-bond acceptors (Lipinski definition) is 3. The molecule has 2 aromatic carbocycles. The first kappa shape index (κ1) is 16.6. The van der Waals surface area contributed by atoms with Crippen LogP contribution in [0.25, 0.3) is 0 Å². The second-order valence-corrected chi connectivity index (χ2v) is 6.22. The van der Waals surface area contributed by atoms with Crippen molar-refractivity contribution in [3.63, 3.8) is 0 Å². The van der Waals surface area contributed by atoms with Crippen molar-refractivity contribution in [3.05, 3.63) is 70.5 Å². The number of aliphatic hydroxyl groups excluding tert-OH is 1. The summed E-state index contributed by atoms with van der Waals surface area (Å²) in [6.45, 7) is 1.33. The average Bonchev–Trinajstić information content (AvgIpc) is 3.04. The molecule has 0 radical (unpaired) electrons. The maximum Gasteiger partial charge on any atom is 0.129 e. The van der Waals surface area contributed by atoms with Crippen LogP contribution in [0.1, 0.15) is 41.1 Å². The zero-order chi connectivity index (χ0) is 16.9. The van der Waals surface area contributed by atoms with Gasteiger partial charge < -0.3 is 5.11 Å². The van der Waals surface area contributed by atoms with Crippen molar-refractivity contribution in [1.29, 1.82) is 5.26 Å². The average molecular weight is 324 g/mol. The van der Waals surface area contributed by atoms with Gasteiger partial charge in [0.25, 0.3) is 0 Å². The number of fused-ring (bicyclic) bond motifs is 1. The summed E-state index contributed by atoms with van der Waals surface area (Å²) in [6, 6.07) is 15.3. The van der Waals surface area contributed by atoms with Crippen molar-refractivity contribution in [2.24, 2.45) is 0 Å². The molecule has 24 heavy (non-hydrogen) atoms. The van der Waals surface area contributed by atoms with E-state index in [2.05, 4.69) is 23.1 Å². The van der Waals surface area contributed by atoms with E-state index >= 15 is 0 Å². The molecule has 3 nitrogen and oxygen atoms in total. The van der Waals surface area contributed by atoms with E-state index in [-0.39, 0.29) is 18.5 Å². The topological polar surface area (TPSA) is 47.3 Å². The SMILES string of the molecule is N#Cc1ccc(CN(CCCO)C2CCc3ccccc32)c(F)c1. The minimum absolute atomic E-state index is 0.126. The third kappa shape index (κ3) is 3.48. The smallest absolute Gasteiger partial charge is 0.129 e. The summed E-state index contributed by atoms with van der Waals surface area (Å²) < 4.78 is 14.3. The monoisotopic (exact) mass is 324 g/mol. The number of nitriles is 1. The molecule has 0 bridgehead atoms. The largest absolute Gasteiger partial charge is 0.396 e. The lowest BCUT2D eigenvalue weighted by molar-refractivity contribution is 0.164. The van der Waals surface area contributed by atoms with E-state index in [1.165, 1.54) is 17.2 Å². The Labute approximate surface area is 142 Å². The van der Waals surface area contributed by atoms with Gasteiger partial charge in [0.15, 0.2) is 0 Å². The van der Waals surface area contributed by atoms with E-state index < -0.39 is 0 Å². The molecule has 0 fully saturated rings. The van der Waals surface area contributed by atoms with E-state index in [1.54, 1.807) is 12.1 Å². The van der Waals surface area contributed by atoms with Crippen LogP contribution in [0.15, 0.2) is 42.5 Å². The highest BCUT2D eigenvalue weighted by atomic mass is 19.1. The Bertz CT molecular complexity index is 754. The van der Waals surface area contributed by atoms with Crippen LogP contribution < -0.4 is 0 Å². The summed E-state index contributed by atoms with van der Waals surface area (Å²) in [5.41, 5.74) is 3.60. The summed E-state index contributed by atoms with van der Waals surface area (Å²) in [5, 5.41) is 18.1. The van der Waals surface area contributed by atoms with Gasteiger partial charge in [0.2, 0.25) is 0 Å². The minimum atomic E-state index is -0.339. The molecule has 124 valence electrons. The van der Waals surface area contributed by atoms with Gasteiger partial charge in [0, 0.05) is 31.3 Å². The molecule has 0 amide bonds. The highest BCUT2D eigenvalue weighted by molar-refractivity contribution is 5.35. The molecule has 2 aromatic rings. The second kappa shape index (κ2) is 7.57. The van der Waals surface area contributed by atoms with Crippen LogP contribution in [-0.2, 0) is 13.0 Å². The van der Waals surface area contributed by atoms with Gasteiger partial charge in [0.05, 0.1) is 11.6 Å². The fourth-order valence-electron chi connectivity index (χ4n) is 3.50. The molecule has 1 aliphatic rings. The van der Waals surface area contributed by atoms with Crippen LogP contribution in [0.2, 0.25) is 0 Å². The lowest BCUT2D eigenvalue weighted by Gasteiger charge is -2.29. The molecule has 1 aliphatic carbocycles. The van der Waals surface area contributed by atoms with E-state index in [4.69, 9.17) is 5.26 Å². The summed E-state index contributed by atoms with van der Waals surface area (Å²) in [4.78, 5) is 2.24. The molecule has 3 rings (SSSR count). The number of benzene rings is 2. The second-order valence-electron chi connectivity index (χ2n) is 6.22. The Hall–Kier alpha value is -2.22. The van der Waals surface area contributed by atoms with Gasteiger partial charge in [0.1, 0.15) is 5.82 Å². The summed E-state index contributed by atoms with van der Waals surface area (Å²) >= 11 is 0. The first-order valence-corrected chi connectivity index (χ1v) is 8.34. The van der Waals surface area contributed by atoms with Crippen LogP contribution >= 0.6 is 0 Å². The molecule has 0 aliphatic heterocycles. The maximum absolute atomic E-state index is 14.3. The molecule has 4 heteroatoms. The third-order valence-corrected chi connectivity index (χ3v) is 4.70. The molecule has 0 saturated carbocycles. The van der Waals surface area contributed by atoms with Crippen LogP contribution in [0.4, 0.5) is 4.39 Å². The van der Waals surface area contributed by atoms with Crippen LogP contribution in [0.3, 0.4) is 0 Å². The molecule has 0 aromatic heterocycles. The first-order chi connectivity index (χ1) is 11.7. The van der Waals surface area contributed by atoms with E-state index in [0.29, 0.717) is 24.1 Å².